The number of nitrogens with zero attached hydrogens (tertiary/aromatic N) is 2. The lowest BCUT2D eigenvalue weighted by Gasteiger charge is -2.21. The molecule has 0 N–H and O–H groups in total. The molecule has 0 radical (unpaired) electrons. The fourth-order valence-electron chi connectivity index (χ4n) is 3.56. The molecule has 3 rings (SSSR count). The molecule has 1 saturated heterocycles. The molecule has 0 unspecified atom stereocenters. The van der Waals surface area contributed by atoms with Crippen LogP contribution in [0.2, 0.25) is 0 Å². The Bertz CT molecular complexity index is 864. The number of methoxy groups -OCH3 is 3. The molecule has 6 heteroatoms. The largest absolute Gasteiger partial charge is 0.497 e. The van der Waals surface area contributed by atoms with Crippen LogP contribution in [0.4, 0.5) is 0 Å². The van der Waals surface area contributed by atoms with Crippen LogP contribution in [0.3, 0.4) is 0 Å². The van der Waals surface area contributed by atoms with Crippen molar-refractivity contribution in [3.05, 3.63) is 59.7 Å². The highest BCUT2D eigenvalue weighted by Gasteiger charge is 2.18. The summed E-state index contributed by atoms with van der Waals surface area (Å²) >= 11 is 0. The topological polar surface area (TPSA) is 51.2 Å². The van der Waals surface area contributed by atoms with E-state index in [1.165, 1.54) is 5.56 Å². The Hall–Kier alpha value is -2.99. The van der Waals surface area contributed by atoms with Crippen molar-refractivity contribution in [2.45, 2.75) is 13.0 Å². The minimum atomic E-state index is 0.0270. The predicted molar refractivity (Wildman–Crippen MR) is 118 cm³/mol. The van der Waals surface area contributed by atoms with E-state index in [0.29, 0.717) is 5.75 Å². The second kappa shape index (κ2) is 10.7. The Morgan fingerprint density at radius 1 is 0.900 bits per heavy atom. The third-order valence-electron chi connectivity index (χ3n) is 5.31. The second-order valence-corrected chi connectivity index (χ2v) is 7.24. The fourth-order valence-corrected chi connectivity index (χ4v) is 3.56. The van der Waals surface area contributed by atoms with Crippen LogP contribution < -0.4 is 14.2 Å². The number of amides is 1. The highest BCUT2D eigenvalue weighted by molar-refractivity contribution is 5.92. The lowest BCUT2D eigenvalue weighted by Crippen LogP contribution is -2.34. The number of hydrogen-bond acceptors (Lipinski definition) is 5. The Morgan fingerprint density at radius 3 is 2.33 bits per heavy atom. The maximum absolute atomic E-state index is 12.7. The van der Waals surface area contributed by atoms with Gasteiger partial charge < -0.3 is 19.1 Å². The average molecular weight is 411 g/mol. The summed E-state index contributed by atoms with van der Waals surface area (Å²) in [6.45, 7) is 4.20. The van der Waals surface area contributed by atoms with Gasteiger partial charge in [-0.15, -0.1) is 0 Å². The van der Waals surface area contributed by atoms with Crippen molar-refractivity contribution in [3.63, 3.8) is 0 Å². The van der Waals surface area contributed by atoms with E-state index in [2.05, 4.69) is 17.0 Å². The Morgan fingerprint density at radius 2 is 1.63 bits per heavy atom. The van der Waals surface area contributed by atoms with Crippen LogP contribution in [0.25, 0.3) is 6.08 Å². The van der Waals surface area contributed by atoms with Gasteiger partial charge in [-0.25, -0.2) is 0 Å². The van der Waals surface area contributed by atoms with Gasteiger partial charge in [-0.3, -0.25) is 9.69 Å². The minimum absolute atomic E-state index is 0.0270. The lowest BCUT2D eigenvalue weighted by atomic mass is 10.1. The summed E-state index contributed by atoms with van der Waals surface area (Å²) in [5, 5.41) is 0. The van der Waals surface area contributed by atoms with Crippen molar-refractivity contribution >= 4 is 12.0 Å². The summed E-state index contributed by atoms with van der Waals surface area (Å²) in [5.74, 6) is 2.30. The quantitative estimate of drug-likeness (QED) is 0.655. The fraction of sp³-hybridized carbons (Fsp3) is 0.375. The van der Waals surface area contributed by atoms with Gasteiger partial charge in [0.2, 0.25) is 5.91 Å². The van der Waals surface area contributed by atoms with Crippen molar-refractivity contribution in [1.29, 1.82) is 0 Å². The highest BCUT2D eigenvalue weighted by Crippen LogP contribution is 2.25. The Kier molecular flexibility index (Phi) is 7.74. The molecule has 0 bridgehead atoms. The number of benzene rings is 2. The Balaban J connectivity index is 1.56. The van der Waals surface area contributed by atoms with Gasteiger partial charge >= 0.3 is 0 Å². The summed E-state index contributed by atoms with van der Waals surface area (Å²) in [6.07, 6.45) is 4.39. The molecule has 2 aromatic carbocycles. The zero-order chi connectivity index (χ0) is 21.3. The molecule has 0 aliphatic carbocycles. The Labute approximate surface area is 178 Å². The van der Waals surface area contributed by atoms with Gasteiger partial charge in [-0.2, -0.15) is 0 Å². The molecule has 1 fully saturated rings. The maximum atomic E-state index is 12.7. The molecule has 6 nitrogen and oxygen atoms in total. The van der Waals surface area contributed by atoms with E-state index in [1.54, 1.807) is 33.5 Å². The van der Waals surface area contributed by atoms with Gasteiger partial charge in [0.05, 0.1) is 21.3 Å². The summed E-state index contributed by atoms with van der Waals surface area (Å²) in [6, 6.07) is 13.7. The molecule has 0 spiro atoms. The van der Waals surface area contributed by atoms with Crippen LogP contribution in [-0.4, -0.2) is 63.2 Å². The van der Waals surface area contributed by atoms with E-state index in [1.807, 2.05) is 35.2 Å². The summed E-state index contributed by atoms with van der Waals surface area (Å²) in [5.41, 5.74) is 2.10. The number of carbonyl (C=O) groups is 1. The van der Waals surface area contributed by atoms with Crippen molar-refractivity contribution < 1.29 is 19.0 Å². The van der Waals surface area contributed by atoms with Crippen molar-refractivity contribution in [2.75, 3.05) is 47.5 Å². The average Bonchev–Trinajstić information content (AvgIpc) is 3.03. The van der Waals surface area contributed by atoms with Gasteiger partial charge in [0.25, 0.3) is 0 Å². The number of hydrogen-bond donors (Lipinski definition) is 0. The monoisotopic (exact) mass is 410 g/mol. The van der Waals surface area contributed by atoms with Crippen LogP contribution >= 0.6 is 0 Å². The molecule has 1 aliphatic rings. The molecule has 1 amide bonds. The van der Waals surface area contributed by atoms with Crippen LogP contribution in [0.1, 0.15) is 17.5 Å². The van der Waals surface area contributed by atoms with Gasteiger partial charge in [0, 0.05) is 50.4 Å². The zero-order valence-electron chi connectivity index (χ0n) is 18.0. The third kappa shape index (κ3) is 5.76. The first-order valence-corrected chi connectivity index (χ1v) is 10.2. The van der Waals surface area contributed by atoms with Crippen molar-refractivity contribution in [3.8, 4) is 17.2 Å². The first-order chi connectivity index (χ1) is 14.6. The second-order valence-electron chi connectivity index (χ2n) is 7.24. The van der Waals surface area contributed by atoms with Gasteiger partial charge in [-0.1, -0.05) is 12.1 Å². The van der Waals surface area contributed by atoms with E-state index in [0.717, 1.165) is 56.2 Å². The molecule has 0 atom stereocenters. The summed E-state index contributed by atoms with van der Waals surface area (Å²) in [4.78, 5) is 17.0. The van der Waals surface area contributed by atoms with Gasteiger partial charge in [0.1, 0.15) is 17.2 Å². The molecule has 0 saturated carbocycles. The van der Waals surface area contributed by atoms with E-state index in [-0.39, 0.29) is 5.91 Å². The maximum Gasteiger partial charge on any atom is 0.246 e. The van der Waals surface area contributed by atoms with E-state index < -0.39 is 0 Å². The summed E-state index contributed by atoms with van der Waals surface area (Å²) < 4.78 is 15.8. The van der Waals surface area contributed by atoms with E-state index >= 15 is 0 Å². The van der Waals surface area contributed by atoms with Gasteiger partial charge in [-0.05, 0) is 42.3 Å². The lowest BCUT2D eigenvalue weighted by molar-refractivity contribution is -0.125. The molecular weight excluding hydrogens is 380 g/mol. The zero-order valence-corrected chi connectivity index (χ0v) is 18.0. The molecular formula is C24H30N2O4. The van der Waals surface area contributed by atoms with Crippen LogP contribution in [-0.2, 0) is 11.3 Å². The number of rotatable bonds is 7. The first-order valence-electron chi connectivity index (χ1n) is 10.2. The molecule has 1 heterocycles. The molecule has 2 aromatic rings. The first kappa shape index (κ1) is 21.7. The van der Waals surface area contributed by atoms with Crippen LogP contribution in [0.15, 0.2) is 48.5 Å². The van der Waals surface area contributed by atoms with Gasteiger partial charge in [0.15, 0.2) is 0 Å². The smallest absolute Gasteiger partial charge is 0.246 e. The molecule has 160 valence electrons. The standard InChI is InChI=1S/C24H30N2O4/c1-28-21-9-5-19(6-10-21)18-25-13-4-14-26(16-15-25)24(27)12-8-20-7-11-22(29-2)17-23(20)30-3/h5-12,17H,4,13-16,18H2,1-3H3/b12-8+. The predicted octanol–water partition coefficient (Wildman–Crippen LogP) is 3.46. The van der Waals surface area contributed by atoms with Crippen molar-refractivity contribution in [2.24, 2.45) is 0 Å². The molecule has 1 aliphatic heterocycles. The van der Waals surface area contributed by atoms with E-state index in [9.17, 15) is 4.79 Å². The minimum Gasteiger partial charge on any atom is -0.497 e. The van der Waals surface area contributed by atoms with Crippen LogP contribution in [0.5, 0.6) is 17.2 Å². The highest BCUT2D eigenvalue weighted by atomic mass is 16.5. The summed E-state index contributed by atoms with van der Waals surface area (Å²) in [7, 11) is 4.90. The van der Waals surface area contributed by atoms with E-state index in [4.69, 9.17) is 14.2 Å². The normalized spacial score (nSPS) is 15.1. The molecule has 30 heavy (non-hydrogen) atoms. The van der Waals surface area contributed by atoms with Crippen LogP contribution in [0, 0.1) is 0 Å². The molecule has 0 aromatic heterocycles. The number of ether oxygens (including phenoxy) is 3. The SMILES string of the molecule is COc1ccc(CN2CCCN(C(=O)/C=C/c3ccc(OC)cc3OC)CC2)cc1. The number of carbonyl (C=O) groups excluding carboxylic acids is 1. The third-order valence-corrected chi connectivity index (χ3v) is 5.31. The van der Waals surface area contributed by atoms with Crippen molar-refractivity contribution in [1.82, 2.24) is 9.80 Å².